The summed E-state index contributed by atoms with van der Waals surface area (Å²) in [5.74, 6) is 0. The summed E-state index contributed by atoms with van der Waals surface area (Å²) in [6.07, 6.45) is 3.41. The Balaban J connectivity index is 2.85. The molecule has 0 aliphatic carbocycles. The van der Waals surface area contributed by atoms with Crippen LogP contribution >= 0.6 is 0 Å². The molecule has 0 unspecified atom stereocenters. The van der Waals surface area contributed by atoms with Gasteiger partial charge in [-0.2, -0.15) is 0 Å². The van der Waals surface area contributed by atoms with E-state index in [-0.39, 0.29) is 0 Å². The summed E-state index contributed by atoms with van der Waals surface area (Å²) >= 11 is 0. The minimum atomic E-state index is 0.999. The van der Waals surface area contributed by atoms with E-state index in [1.165, 1.54) is 29.5 Å². The van der Waals surface area contributed by atoms with Crippen molar-refractivity contribution < 1.29 is 0 Å². The van der Waals surface area contributed by atoms with Gasteiger partial charge >= 0.3 is 0 Å². The molecular weight excluding hydrogens is 218 g/mol. The molecule has 0 heterocycles. The first-order valence-corrected chi connectivity index (χ1v) is 6.82. The first-order valence-electron chi connectivity index (χ1n) is 6.82. The van der Waals surface area contributed by atoms with Crippen molar-refractivity contribution in [3.05, 3.63) is 48.0 Å². The zero-order valence-corrected chi connectivity index (χ0v) is 12.0. The molecule has 0 atom stereocenters. The van der Waals surface area contributed by atoms with Crippen LogP contribution in [-0.2, 0) is 6.42 Å². The number of unbranched alkanes of at least 4 members (excludes halogenated alkanes) is 1. The fourth-order valence-electron chi connectivity index (χ4n) is 2.01. The summed E-state index contributed by atoms with van der Waals surface area (Å²) in [4.78, 5) is 0. The molecule has 0 amide bonds. The molecule has 0 saturated heterocycles. The quantitative estimate of drug-likeness (QED) is 0.688. The van der Waals surface area contributed by atoms with Crippen LogP contribution in [0.5, 0.6) is 0 Å². The molecule has 1 aromatic carbocycles. The van der Waals surface area contributed by atoms with Gasteiger partial charge < -0.3 is 5.32 Å². The molecule has 0 spiro atoms. The van der Waals surface area contributed by atoms with Crippen molar-refractivity contribution in [1.29, 1.82) is 0 Å². The summed E-state index contributed by atoms with van der Waals surface area (Å²) in [7, 11) is 0. The maximum atomic E-state index is 4.11. The molecule has 0 fully saturated rings. The highest BCUT2D eigenvalue weighted by atomic mass is 14.9. The number of nitrogens with one attached hydrogen (secondary N) is 1. The van der Waals surface area contributed by atoms with E-state index < -0.39 is 0 Å². The van der Waals surface area contributed by atoms with Gasteiger partial charge in [0.05, 0.1) is 0 Å². The molecule has 0 aliphatic rings. The summed E-state index contributed by atoms with van der Waals surface area (Å²) in [6, 6.07) is 6.51. The lowest BCUT2D eigenvalue weighted by Crippen LogP contribution is -2.12. The maximum absolute atomic E-state index is 4.11. The van der Waals surface area contributed by atoms with Crippen molar-refractivity contribution in [1.82, 2.24) is 5.32 Å². The fraction of sp³-hybridized carbons (Fsp3) is 0.412. The Kier molecular flexibility index (Phi) is 5.70. The van der Waals surface area contributed by atoms with E-state index in [1.54, 1.807) is 0 Å². The maximum Gasteiger partial charge on any atom is 0.0340 e. The summed E-state index contributed by atoms with van der Waals surface area (Å²) in [5, 5.41) is 3.38. The number of rotatable bonds is 7. The Morgan fingerprint density at radius 2 is 1.94 bits per heavy atom. The van der Waals surface area contributed by atoms with Crippen molar-refractivity contribution in [3.63, 3.8) is 0 Å². The van der Waals surface area contributed by atoms with Crippen molar-refractivity contribution in [3.8, 4) is 0 Å². The number of aryl methyl sites for hydroxylation is 1. The molecule has 1 rings (SSSR count). The van der Waals surface area contributed by atoms with Gasteiger partial charge in [0, 0.05) is 12.2 Å². The Labute approximate surface area is 112 Å². The van der Waals surface area contributed by atoms with E-state index in [0.717, 1.165) is 24.2 Å². The highest BCUT2D eigenvalue weighted by molar-refractivity contribution is 5.69. The molecule has 0 saturated carbocycles. The predicted molar refractivity (Wildman–Crippen MR) is 82.5 cm³/mol. The minimum Gasteiger partial charge on any atom is -0.385 e. The van der Waals surface area contributed by atoms with E-state index in [0.29, 0.717) is 0 Å². The molecule has 1 nitrogen and oxygen atoms in total. The van der Waals surface area contributed by atoms with Crippen LogP contribution in [0.4, 0.5) is 0 Å². The smallest absolute Gasteiger partial charge is 0.0340 e. The number of hydrogen-bond donors (Lipinski definition) is 1. The van der Waals surface area contributed by atoms with Crippen LogP contribution in [0.2, 0.25) is 0 Å². The average Bonchev–Trinajstić information content (AvgIpc) is 2.37. The summed E-state index contributed by atoms with van der Waals surface area (Å²) in [5.41, 5.74) is 5.95. The van der Waals surface area contributed by atoms with Gasteiger partial charge in [0.15, 0.2) is 0 Å². The minimum absolute atomic E-state index is 0.999. The van der Waals surface area contributed by atoms with Gasteiger partial charge in [0.1, 0.15) is 0 Å². The fourth-order valence-corrected chi connectivity index (χ4v) is 2.01. The van der Waals surface area contributed by atoms with E-state index in [9.17, 15) is 0 Å². The lowest BCUT2D eigenvalue weighted by molar-refractivity contribution is 0.745. The molecule has 0 aliphatic heterocycles. The van der Waals surface area contributed by atoms with Gasteiger partial charge in [0.2, 0.25) is 0 Å². The van der Waals surface area contributed by atoms with Crippen molar-refractivity contribution >= 4 is 11.3 Å². The van der Waals surface area contributed by atoms with E-state index >= 15 is 0 Å². The van der Waals surface area contributed by atoms with Crippen LogP contribution in [0.3, 0.4) is 0 Å². The topological polar surface area (TPSA) is 12.0 Å². The van der Waals surface area contributed by atoms with Gasteiger partial charge in [-0.15, -0.1) is 0 Å². The van der Waals surface area contributed by atoms with Crippen molar-refractivity contribution in [2.75, 3.05) is 6.54 Å². The molecule has 1 N–H and O–H groups in total. The molecule has 0 bridgehead atoms. The third-order valence-corrected chi connectivity index (χ3v) is 3.16. The lowest BCUT2D eigenvalue weighted by Gasteiger charge is -2.13. The third-order valence-electron chi connectivity index (χ3n) is 3.16. The molecule has 1 heteroatoms. The van der Waals surface area contributed by atoms with Crippen LogP contribution in [0.15, 0.2) is 31.4 Å². The van der Waals surface area contributed by atoms with E-state index in [2.05, 4.69) is 57.4 Å². The van der Waals surface area contributed by atoms with Crippen molar-refractivity contribution in [2.24, 2.45) is 0 Å². The molecule has 0 aromatic heterocycles. The molecular formula is C17H25N. The Morgan fingerprint density at radius 3 is 2.50 bits per heavy atom. The predicted octanol–water partition coefficient (Wildman–Crippen LogP) is 4.64. The zero-order valence-electron chi connectivity index (χ0n) is 12.0. The Bertz CT molecular complexity index is 429. The van der Waals surface area contributed by atoms with Crippen LogP contribution in [0, 0.1) is 0 Å². The van der Waals surface area contributed by atoms with E-state index in [4.69, 9.17) is 0 Å². The standard InChI is InChI=1S/C17H25N/c1-6-8-11-18-14(5)16-9-10-17(13(3)4)15(7-2)12-16/h9-10,12,18H,3,5-8,11H2,1-2,4H3. The van der Waals surface area contributed by atoms with Crippen LogP contribution in [-0.4, -0.2) is 6.54 Å². The van der Waals surface area contributed by atoms with Gasteiger partial charge in [0.25, 0.3) is 0 Å². The number of benzene rings is 1. The summed E-state index contributed by atoms with van der Waals surface area (Å²) in [6.45, 7) is 15.6. The molecule has 1 aromatic rings. The highest BCUT2D eigenvalue weighted by Crippen LogP contribution is 2.22. The average molecular weight is 243 g/mol. The second kappa shape index (κ2) is 7.05. The Hall–Kier alpha value is -1.50. The largest absolute Gasteiger partial charge is 0.385 e. The van der Waals surface area contributed by atoms with Gasteiger partial charge in [-0.05, 0) is 42.5 Å². The third kappa shape index (κ3) is 3.76. The zero-order chi connectivity index (χ0) is 13.5. The lowest BCUT2D eigenvalue weighted by atomic mass is 9.97. The van der Waals surface area contributed by atoms with Gasteiger partial charge in [-0.1, -0.05) is 51.1 Å². The first kappa shape index (κ1) is 14.6. The van der Waals surface area contributed by atoms with Crippen LogP contribution in [0.1, 0.15) is 50.3 Å². The normalized spacial score (nSPS) is 10.2. The van der Waals surface area contributed by atoms with Crippen LogP contribution in [0.25, 0.3) is 11.3 Å². The van der Waals surface area contributed by atoms with Gasteiger partial charge in [-0.3, -0.25) is 0 Å². The second-order valence-corrected chi connectivity index (χ2v) is 4.76. The first-order chi connectivity index (χ1) is 8.60. The molecule has 0 radical (unpaired) electrons. The Morgan fingerprint density at radius 1 is 1.22 bits per heavy atom. The highest BCUT2D eigenvalue weighted by Gasteiger charge is 2.05. The number of allylic oxidation sites excluding steroid dienone is 1. The monoisotopic (exact) mass is 243 g/mol. The SMILES string of the molecule is C=C(NCCCC)c1ccc(C(=C)C)c(CC)c1. The second-order valence-electron chi connectivity index (χ2n) is 4.76. The van der Waals surface area contributed by atoms with Crippen molar-refractivity contribution in [2.45, 2.75) is 40.0 Å². The summed E-state index contributed by atoms with van der Waals surface area (Å²) < 4.78 is 0. The van der Waals surface area contributed by atoms with Crippen LogP contribution < -0.4 is 5.32 Å². The molecule has 98 valence electrons. The molecule has 18 heavy (non-hydrogen) atoms. The van der Waals surface area contributed by atoms with Gasteiger partial charge in [-0.25, -0.2) is 0 Å². The van der Waals surface area contributed by atoms with E-state index in [1.807, 2.05) is 0 Å². The number of hydrogen-bond acceptors (Lipinski definition) is 1.